The standard InChI is InChI=1S/C21H17F2N5O5S/c22-21(23)34-18-13(3-1-5-25-18)20(30)32-12-16(29)27-6-8-28(9-7-27)19-14(11-24)26-17(33-19)15-4-2-10-31-15/h1-5,10,21H,6-9,12H2. The second-order valence-electron chi connectivity index (χ2n) is 6.94. The minimum atomic E-state index is -2.75. The first-order valence-corrected chi connectivity index (χ1v) is 10.9. The maximum atomic E-state index is 12.7. The number of amides is 1. The van der Waals surface area contributed by atoms with Crippen LogP contribution < -0.4 is 4.90 Å². The molecule has 34 heavy (non-hydrogen) atoms. The molecule has 0 saturated carbocycles. The minimum absolute atomic E-state index is 0.106. The highest BCUT2D eigenvalue weighted by molar-refractivity contribution is 7.99. The third kappa shape index (κ3) is 5.18. The van der Waals surface area contributed by atoms with E-state index in [0.717, 1.165) is 0 Å². The molecule has 1 aliphatic heterocycles. The normalized spacial score (nSPS) is 13.7. The number of thioether (sulfide) groups is 1. The Morgan fingerprint density at radius 3 is 2.71 bits per heavy atom. The molecule has 0 aliphatic carbocycles. The van der Waals surface area contributed by atoms with Gasteiger partial charge in [0.1, 0.15) is 11.1 Å². The van der Waals surface area contributed by atoms with E-state index in [0.29, 0.717) is 18.8 Å². The highest BCUT2D eigenvalue weighted by atomic mass is 32.2. The van der Waals surface area contributed by atoms with Crippen molar-refractivity contribution in [3.63, 3.8) is 0 Å². The lowest BCUT2D eigenvalue weighted by molar-refractivity contribution is -0.134. The number of esters is 1. The van der Waals surface area contributed by atoms with Crippen LogP contribution in [0.15, 0.2) is 50.6 Å². The van der Waals surface area contributed by atoms with Gasteiger partial charge >= 0.3 is 5.97 Å². The van der Waals surface area contributed by atoms with E-state index >= 15 is 0 Å². The summed E-state index contributed by atoms with van der Waals surface area (Å²) in [6.07, 6.45) is 2.76. The van der Waals surface area contributed by atoms with E-state index in [4.69, 9.17) is 13.6 Å². The number of hydrogen-bond donors (Lipinski definition) is 0. The number of piperazine rings is 1. The molecule has 0 aromatic carbocycles. The fraction of sp³-hybridized carbons (Fsp3) is 0.286. The van der Waals surface area contributed by atoms with Crippen molar-refractivity contribution in [1.82, 2.24) is 14.9 Å². The number of alkyl halides is 2. The van der Waals surface area contributed by atoms with E-state index in [1.165, 1.54) is 29.5 Å². The van der Waals surface area contributed by atoms with Gasteiger partial charge in [-0.05, 0) is 36.0 Å². The van der Waals surface area contributed by atoms with Crippen molar-refractivity contribution in [2.75, 3.05) is 37.7 Å². The van der Waals surface area contributed by atoms with E-state index < -0.39 is 24.2 Å². The summed E-state index contributed by atoms with van der Waals surface area (Å²) in [7, 11) is 0. The molecule has 0 spiro atoms. The number of carbonyl (C=O) groups is 2. The zero-order chi connectivity index (χ0) is 24.1. The Kier molecular flexibility index (Phi) is 7.07. The van der Waals surface area contributed by atoms with Crippen LogP contribution in [0.4, 0.5) is 14.7 Å². The van der Waals surface area contributed by atoms with Gasteiger partial charge in [0.2, 0.25) is 11.6 Å². The molecule has 4 heterocycles. The summed E-state index contributed by atoms with van der Waals surface area (Å²) >= 11 is 0.129. The number of aromatic nitrogens is 2. The molecule has 10 nitrogen and oxygen atoms in total. The van der Waals surface area contributed by atoms with Gasteiger partial charge in [0.15, 0.2) is 12.4 Å². The van der Waals surface area contributed by atoms with Gasteiger partial charge in [0, 0.05) is 32.4 Å². The lowest BCUT2D eigenvalue weighted by Crippen LogP contribution is -2.50. The number of hydrogen-bond acceptors (Lipinski definition) is 10. The van der Waals surface area contributed by atoms with Crippen LogP contribution in [0.3, 0.4) is 0 Å². The van der Waals surface area contributed by atoms with E-state index in [-0.39, 0.29) is 52.9 Å². The van der Waals surface area contributed by atoms with Crippen molar-refractivity contribution in [2.45, 2.75) is 10.8 Å². The molecule has 1 amide bonds. The first-order valence-electron chi connectivity index (χ1n) is 10.0. The average Bonchev–Trinajstić information content (AvgIpc) is 3.52. The third-order valence-corrected chi connectivity index (χ3v) is 5.61. The predicted molar refractivity (Wildman–Crippen MR) is 114 cm³/mol. The Balaban J connectivity index is 1.33. The van der Waals surface area contributed by atoms with E-state index in [1.807, 2.05) is 6.07 Å². The monoisotopic (exact) mass is 489 g/mol. The van der Waals surface area contributed by atoms with Gasteiger partial charge in [-0.25, -0.2) is 9.78 Å². The van der Waals surface area contributed by atoms with Crippen LogP contribution in [-0.4, -0.2) is 65.3 Å². The van der Waals surface area contributed by atoms with Crippen LogP contribution in [0.5, 0.6) is 0 Å². The minimum Gasteiger partial charge on any atom is -0.459 e. The Morgan fingerprint density at radius 2 is 2.03 bits per heavy atom. The molecule has 0 unspecified atom stereocenters. The lowest BCUT2D eigenvalue weighted by atomic mass is 10.3. The molecule has 1 fully saturated rings. The number of furan rings is 1. The van der Waals surface area contributed by atoms with Gasteiger partial charge in [-0.15, -0.1) is 0 Å². The first-order chi connectivity index (χ1) is 16.5. The summed E-state index contributed by atoms with van der Waals surface area (Å²) in [6, 6.07) is 8.06. The van der Waals surface area contributed by atoms with Crippen LogP contribution in [-0.2, 0) is 9.53 Å². The van der Waals surface area contributed by atoms with Crippen molar-refractivity contribution in [3.8, 4) is 17.7 Å². The lowest BCUT2D eigenvalue weighted by Gasteiger charge is -2.34. The van der Waals surface area contributed by atoms with Crippen LogP contribution in [0.25, 0.3) is 11.7 Å². The number of carbonyl (C=O) groups excluding carboxylic acids is 2. The maximum Gasteiger partial charge on any atom is 0.341 e. The summed E-state index contributed by atoms with van der Waals surface area (Å²) in [5.74, 6) is -3.24. The summed E-state index contributed by atoms with van der Waals surface area (Å²) in [5, 5.41) is 9.22. The molecule has 0 bridgehead atoms. The highest BCUT2D eigenvalue weighted by Gasteiger charge is 2.28. The van der Waals surface area contributed by atoms with Gasteiger partial charge in [-0.3, -0.25) is 4.79 Å². The molecule has 4 rings (SSSR count). The van der Waals surface area contributed by atoms with E-state index in [2.05, 4.69) is 9.97 Å². The molecule has 0 N–H and O–H groups in total. The van der Waals surface area contributed by atoms with Gasteiger partial charge in [0.05, 0.1) is 11.8 Å². The second-order valence-corrected chi connectivity index (χ2v) is 7.92. The highest BCUT2D eigenvalue weighted by Crippen LogP contribution is 2.29. The number of rotatable bonds is 7. The zero-order valence-electron chi connectivity index (χ0n) is 17.5. The van der Waals surface area contributed by atoms with Crippen LogP contribution >= 0.6 is 11.8 Å². The second kappa shape index (κ2) is 10.3. The quantitative estimate of drug-likeness (QED) is 0.361. The summed E-state index contributed by atoms with van der Waals surface area (Å²) in [5.41, 5.74) is -0.0267. The number of nitriles is 1. The summed E-state index contributed by atoms with van der Waals surface area (Å²) in [6.45, 7) is 0.758. The Hall–Kier alpha value is -3.92. The molecule has 3 aromatic rings. The molecular weight excluding hydrogens is 472 g/mol. The number of ether oxygens (including phenoxy) is 1. The Morgan fingerprint density at radius 1 is 1.24 bits per heavy atom. The van der Waals surface area contributed by atoms with E-state index in [9.17, 15) is 23.6 Å². The maximum absolute atomic E-state index is 12.7. The van der Waals surface area contributed by atoms with Crippen molar-refractivity contribution in [3.05, 3.63) is 48.0 Å². The molecule has 0 atom stereocenters. The number of nitrogens with zero attached hydrogens (tertiary/aromatic N) is 5. The molecule has 1 saturated heterocycles. The molecule has 176 valence electrons. The third-order valence-electron chi connectivity index (χ3n) is 4.89. The van der Waals surface area contributed by atoms with Crippen LogP contribution in [0.1, 0.15) is 16.1 Å². The molecule has 3 aromatic heterocycles. The summed E-state index contributed by atoms with van der Waals surface area (Å²) in [4.78, 5) is 36.0. The molecule has 1 aliphatic rings. The van der Waals surface area contributed by atoms with Gasteiger partial charge in [0.25, 0.3) is 17.6 Å². The predicted octanol–water partition coefficient (Wildman–Crippen LogP) is 3.02. The van der Waals surface area contributed by atoms with Crippen LogP contribution in [0.2, 0.25) is 0 Å². The summed E-state index contributed by atoms with van der Waals surface area (Å²) < 4.78 is 41.3. The molecular formula is C21H17F2N5O5S. The SMILES string of the molecule is N#Cc1nc(-c2ccco2)oc1N1CCN(C(=O)COC(=O)c2cccnc2SC(F)F)CC1. The van der Waals surface area contributed by atoms with Crippen molar-refractivity contribution >= 4 is 29.5 Å². The number of halogens is 2. The van der Waals surface area contributed by atoms with E-state index in [1.54, 1.807) is 17.0 Å². The van der Waals surface area contributed by atoms with Crippen molar-refractivity contribution in [1.29, 1.82) is 5.26 Å². The number of pyridine rings is 1. The molecule has 13 heteroatoms. The van der Waals surface area contributed by atoms with Gasteiger partial charge < -0.3 is 23.4 Å². The first kappa shape index (κ1) is 23.2. The van der Waals surface area contributed by atoms with Gasteiger partial charge in [-0.1, -0.05) is 0 Å². The largest absolute Gasteiger partial charge is 0.459 e. The van der Waals surface area contributed by atoms with Crippen molar-refractivity contribution < 1.29 is 31.9 Å². The topological polar surface area (TPSA) is 126 Å². The Labute approximate surface area is 196 Å². The van der Waals surface area contributed by atoms with Gasteiger partial charge in [-0.2, -0.15) is 19.0 Å². The molecule has 0 radical (unpaired) electrons. The number of oxazole rings is 1. The van der Waals surface area contributed by atoms with Crippen LogP contribution in [0, 0.1) is 11.3 Å². The van der Waals surface area contributed by atoms with Crippen molar-refractivity contribution in [2.24, 2.45) is 0 Å². The fourth-order valence-electron chi connectivity index (χ4n) is 3.28. The fourth-order valence-corrected chi connectivity index (χ4v) is 3.85. The smallest absolute Gasteiger partial charge is 0.341 e. The Bertz CT molecular complexity index is 1200. The number of anilines is 1. The zero-order valence-corrected chi connectivity index (χ0v) is 18.3. The average molecular weight is 489 g/mol.